The molecule has 5 atom stereocenters. The number of benzene rings is 1. The van der Waals surface area contributed by atoms with Crippen molar-refractivity contribution in [2.45, 2.75) is 70.8 Å². The minimum absolute atomic E-state index is 0.395. The van der Waals surface area contributed by atoms with Crippen molar-refractivity contribution in [3.05, 3.63) is 41.0 Å². The Morgan fingerprint density at radius 2 is 2.08 bits per heavy atom. The highest BCUT2D eigenvalue weighted by Crippen LogP contribution is 2.61. The van der Waals surface area contributed by atoms with Crippen LogP contribution in [0.1, 0.15) is 74.1 Å². The molecule has 2 fully saturated rings. The van der Waals surface area contributed by atoms with Crippen molar-refractivity contribution >= 4 is 5.70 Å². The van der Waals surface area contributed by atoms with Crippen LogP contribution in [0.4, 0.5) is 0 Å². The molecule has 136 valence electrons. The molecule has 0 aromatic heterocycles. The van der Waals surface area contributed by atoms with Crippen LogP contribution in [-0.4, -0.2) is 13.2 Å². The second-order valence-electron chi connectivity index (χ2n) is 8.85. The molecule has 5 unspecified atom stereocenters. The van der Waals surface area contributed by atoms with E-state index in [9.17, 15) is 0 Å². The molecule has 0 aliphatic heterocycles. The first-order chi connectivity index (χ1) is 12.0. The van der Waals surface area contributed by atoms with Gasteiger partial charge in [0.05, 0.1) is 6.10 Å². The van der Waals surface area contributed by atoms with Crippen LogP contribution < -0.4 is 5.73 Å². The Bertz CT molecular complexity index is 694. The van der Waals surface area contributed by atoms with Crippen molar-refractivity contribution in [2.24, 2.45) is 23.0 Å². The maximum atomic E-state index is 6.06. The molecule has 3 aliphatic rings. The molecule has 2 heteroatoms. The number of fused-ring (bicyclic) bond motifs is 5. The Morgan fingerprint density at radius 1 is 1.28 bits per heavy atom. The summed E-state index contributed by atoms with van der Waals surface area (Å²) in [5, 5.41) is 0. The highest BCUT2D eigenvalue weighted by molar-refractivity contribution is 5.65. The molecule has 25 heavy (non-hydrogen) atoms. The van der Waals surface area contributed by atoms with E-state index in [0.29, 0.717) is 11.5 Å². The lowest BCUT2D eigenvalue weighted by atomic mass is 9.55. The normalized spacial score (nSPS) is 36.4. The quantitative estimate of drug-likeness (QED) is 0.836. The van der Waals surface area contributed by atoms with Gasteiger partial charge in [0.15, 0.2) is 0 Å². The second-order valence-corrected chi connectivity index (χ2v) is 8.85. The largest absolute Gasteiger partial charge is 0.399 e. The van der Waals surface area contributed by atoms with Crippen LogP contribution in [0.25, 0.3) is 5.70 Å². The van der Waals surface area contributed by atoms with Gasteiger partial charge in [-0.1, -0.05) is 26.5 Å². The predicted octanol–water partition coefficient (Wildman–Crippen LogP) is 5.05. The fourth-order valence-electron chi connectivity index (χ4n) is 6.60. The maximum Gasteiger partial charge on any atom is 0.0627 e. The van der Waals surface area contributed by atoms with Gasteiger partial charge in [-0.25, -0.2) is 0 Å². The van der Waals surface area contributed by atoms with Gasteiger partial charge in [0.25, 0.3) is 0 Å². The van der Waals surface area contributed by atoms with E-state index in [-0.39, 0.29) is 0 Å². The minimum Gasteiger partial charge on any atom is -0.399 e. The van der Waals surface area contributed by atoms with Gasteiger partial charge >= 0.3 is 0 Å². The van der Waals surface area contributed by atoms with E-state index in [1.54, 1.807) is 5.56 Å². The molecule has 2 saturated carbocycles. The minimum atomic E-state index is 0.395. The lowest BCUT2D eigenvalue weighted by molar-refractivity contribution is -0.0444. The number of aryl methyl sites for hydroxylation is 2. The number of ether oxygens (including phenoxy) is 1. The first-order valence-electron chi connectivity index (χ1n) is 10.1. The van der Waals surface area contributed by atoms with E-state index in [0.717, 1.165) is 29.9 Å². The molecule has 0 heterocycles. The molecule has 1 aromatic rings. The summed E-state index contributed by atoms with van der Waals surface area (Å²) in [6.45, 7) is 8.73. The van der Waals surface area contributed by atoms with E-state index in [2.05, 4.69) is 32.6 Å². The van der Waals surface area contributed by atoms with E-state index < -0.39 is 0 Å². The molecule has 1 aromatic carbocycles. The number of nitrogens with two attached hydrogens (primary N) is 1. The van der Waals surface area contributed by atoms with Gasteiger partial charge in [-0.2, -0.15) is 0 Å². The van der Waals surface area contributed by atoms with Crippen molar-refractivity contribution in [1.29, 1.82) is 0 Å². The monoisotopic (exact) mass is 339 g/mol. The molecule has 4 rings (SSSR count). The van der Waals surface area contributed by atoms with Gasteiger partial charge in [0.2, 0.25) is 0 Å². The molecule has 0 amide bonds. The Kier molecular flexibility index (Phi) is 4.22. The van der Waals surface area contributed by atoms with E-state index in [1.807, 2.05) is 7.11 Å². The summed E-state index contributed by atoms with van der Waals surface area (Å²) in [5.74, 6) is 2.41. The van der Waals surface area contributed by atoms with Gasteiger partial charge in [0.1, 0.15) is 0 Å². The fourth-order valence-corrected chi connectivity index (χ4v) is 6.60. The van der Waals surface area contributed by atoms with Crippen molar-refractivity contribution in [1.82, 2.24) is 0 Å². The molecular weight excluding hydrogens is 306 g/mol. The van der Waals surface area contributed by atoms with E-state index in [1.165, 1.54) is 55.2 Å². The molecule has 0 radical (unpaired) electrons. The van der Waals surface area contributed by atoms with Crippen molar-refractivity contribution in [3.8, 4) is 0 Å². The van der Waals surface area contributed by atoms with Gasteiger partial charge in [-0.3, -0.25) is 0 Å². The smallest absolute Gasteiger partial charge is 0.0627 e. The molecule has 2 nitrogen and oxygen atoms in total. The van der Waals surface area contributed by atoms with Crippen LogP contribution in [0.2, 0.25) is 0 Å². The highest BCUT2D eigenvalue weighted by Gasteiger charge is 2.55. The summed E-state index contributed by atoms with van der Waals surface area (Å²) >= 11 is 0. The summed E-state index contributed by atoms with van der Waals surface area (Å²) in [5.41, 5.74) is 12.9. The number of hydrogen-bond donors (Lipinski definition) is 1. The average Bonchev–Trinajstić information content (AvgIpc) is 2.96. The molecular formula is C23H33NO. The zero-order valence-electron chi connectivity index (χ0n) is 16.1. The second kappa shape index (κ2) is 6.16. The van der Waals surface area contributed by atoms with E-state index in [4.69, 9.17) is 10.5 Å². The first-order valence-corrected chi connectivity index (χ1v) is 10.1. The fraction of sp³-hybridized carbons (Fsp3) is 0.652. The van der Waals surface area contributed by atoms with Crippen LogP contribution in [0.15, 0.2) is 18.7 Å². The molecule has 0 saturated heterocycles. The van der Waals surface area contributed by atoms with Gasteiger partial charge in [-0.15, -0.1) is 0 Å². The molecule has 2 N–H and O–H groups in total. The van der Waals surface area contributed by atoms with Crippen molar-refractivity contribution < 1.29 is 4.74 Å². The summed E-state index contributed by atoms with van der Waals surface area (Å²) in [6, 6.07) is 4.83. The number of methoxy groups -OCH3 is 1. The van der Waals surface area contributed by atoms with Crippen LogP contribution in [0.3, 0.4) is 0 Å². The zero-order valence-corrected chi connectivity index (χ0v) is 16.1. The Balaban J connectivity index is 1.71. The highest BCUT2D eigenvalue weighted by atomic mass is 16.5. The Morgan fingerprint density at radius 3 is 2.76 bits per heavy atom. The van der Waals surface area contributed by atoms with E-state index >= 15 is 0 Å². The van der Waals surface area contributed by atoms with Crippen molar-refractivity contribution in [3.63, 3.8) is 0 Å². The summed E-state index contributed by atoms with van der Waals surface area (Å²) in [7, 11) is 1.91. The zero-order chi connectivity index (χ0) is 17.8. The molecule has 0 bridgehead atoms. The average molecular weight is 340 g/mol. The number of rotatable bonds is 3. The Hall–Kier alpha value is -1.28. The van der Waals surface area contributed by atoms with Gasteiger partial charge in [-0.05, 0) is 90.9 Å². The lowest BCUT2D eigenvalue weighted by Gasteiger charge is -2.50. The Labute approximate surface area is 152 Å². The molecule has 0 spiro atoms. The van der Waals surface area contributed by atoms with Crippen LogP contribution in [0.5, 0.6) is 0 Å². The predicted molar refractivity (Wildman–Crippen MR) is 104 cm³/mol. The van der Waals surface area contributed by atoms with Crippen LogP contribution in [0, 0.1) is 17.3 Å². The third-order valence-corrected chi connectivity index (χ3v) is 7.87. The van der Waals surface area contributed by atoms with Gasteiger partial charge in [0, 0.05) is 18.4 Å². The summed E-state index contributed by atoms with van der Waals surface area (Å²) in [4.78, 5) is 0. The standard InChI is InChI=1S/C23H33NO/c1-5-15-12-20-16(13-19(15)14(2)24)6-7-18-17(20)10-11-23(3)21(18)8-9-22(23)25-4/h12-13,17-18,21-22H,2,5-11,24H2,1,3-4H3. The SMILES string of the molecule is C=C(N)c1cc2c(cc1CC)C1CCC3(C)C(OC)CCC3C1CC2. The summed E-state index contributed by atoms with van der Waals surface area (Å²) < 4.78 is 5.89. The topological polar surface area (TPSA) is 35.2 Å². The molecule has 3 aliphatic carbocycles. The number of hydrogen-bond acceptors (Lipinski definition) is 2. The maximum absolute atomic E-state index is 6.06. The first kappa shape index (κ1) is 17.1. The van der Waals surface area contributed by atoms with Crippen LogP contribution in [-0.2, 0) is 17.6 Å². The van der Waals surface area contributed by atoms with Gasteiger partial charge < -0.3 is 10.5 Å². The lowest BCUT2D eigenvalue weighted by Crippen LogP contribution is -2.44. The van der Waals surface area contributed by atoms with Crippen LogP contribution >= 0.6 is 0 Å². The third-order valence-electron chi connectivity index (χ3n) is 7.87. The summed E-state index contributed by atoms with van der Waals surface area (Å²) in [6.07, 6.45) is 9.25. The third kappa shape index (κ3) is 2.48. The van der Waals surface area contributed by atoms with Crippen molar-refractivity contribution in [2.75, 3.05) is 7.11 Å².